The van der Waals surface area contributed by atoms with Gasteiger partial charge in [-0.3, -0.25) is 6.92 Å². The monoisotopic (exact) mass is 621 g/mol. The van der Waals surface area contributed by atoms with Crippen molar-refractivity contribution in [2.24, 2.45) is 0 Å². The number of rotatable bonds is 0. The first-order valence-corrected chi connectivity index (χ1v) is 1.96. The van der Waals surface area contributed by atoms with Gasteiger partial charge in [0.25, 0.3) is 0 Å². The summed E-state index contributed by atoms with van der Waals surface area (Å²) in [4.78, 5) is 0. The quantitative estimate of drug-likeness (QED) is 0.361. The van der Waals surface area contributed by atoms with Crippen LogP contribution in [-0.4, -0.2) is 19.5 Å². The fourth-order valence-electron chi connectivity index (χ4n) is 0.407. The molecule has 1 aliphatic heterocycles. The number of hydrogen-bond donors (Lipinski definition) is 0. The van der Waals surface area contributed by atoms with E-state index in [1.54, 1.807) is 0 Å². The minimum absolute atomic E-state index is 0. The molecule has 0 spiro atoms. The second-order valence-corrected chi connectivity index (χ2v) is 1.17. The van der Waals surface area contributed by atoms with Gasteiger partial charge < -0.3 is 9.47 Å². The molecule has 1 rings (SSSR count). The molecule has 8 heavy (non-hydrogen) atoms. The average Bonchev–Trinajstić information content (AvgIpc) is 1.86. The van der Waals surface area contributed by atoms with E-state index in [0.29, 0.717) is 13.2 Å². The topological polar surface area (TPSA) is 18.5 Å². The van der Waals surface area contributed by atoms with Gasteiger partial charge in [0.15, 0.2) is 0 Å². The molecule has 0 unspecified atom stereocenters. The molecule has 1 saturated heterocycles. The first kappa shape index (κ1) is 9.33. The van der Waals surface area contributed by atoms with Crippen LogP contribution in [0.3, 0.4) is 0 Å². The molecular formula is C4H7O2Rf2-. The molecule has 0 aromatic heterocycles. The summed E-state index contributed by atoms with van der Waals surface area (Å²) in [5.41, 5.74) is 0. The van der Waals surface area contributed by atoms with Gasteiger partial charge in [0.05, 0.1) is 13.2 Å². The van der Waals surface area contributed by atoms with E-state index in [-0.39, 0.29) is 6.29 Å². The summed E-state index contributed by atoms with van der Waals surface area (Å²) < 4.78 is 9.64. The molecule has 40 valence electrons. The van der Waals surface area contributed by atoms with Crippen LogP contribution in [0.4, 0.5) is 0 Å². The Balaban J connectivity index is 0. The molecule has 0 aromatic carbocycles. The molecule has 2 nitrogen and oxygen atoms in total. The van der Waals surface area contributed by atoms with Crippen molar-refractivity contribution < 1.29 is 9.47 Å². The first-order chi connectivity index (χ1) is 2.89. The van der Waals surface area contributed by atoms with E-state index in [1.165, 1.54) is 0 Å². The Morgan fingerprint density at radius 1 is 1.12 bits per heavy atom. The number of hydrogen-bond acceptors (Lipinski definition) is 2. The van der Waals surface area contributed by atoms with E-state index < -0.39 is 0 Å². The van der Waals surface area contributed by atoms with Crippen LogP contribution in [0.15, 0.2) is 0 Å². The van der Waals surface area contributed by atoms with Crippen LogP contribution < -0.4 is 0 Å². The second-order valence-electron chi connectivity index (χ2n) is 1.17. The smallest absolute Gasteiger partial charge is 0.0698 e. The molecule has 0 aliphatic carbocycles. The Labute approximate surface area is 37.1 Å². The van der Waals surface area contributed by atoms with Crippen LogP contribution in [0.25, 0.3) is 0 Å². The molecule has 0 bridgehead atoms. The Hall–Kier alpha value is -2.08. The molecule has 0 saturated carbocycles. The van der Waals surface area contributed by atoms with Crippen LogP contribution in [0, 0.1) is 6.92 Å². The predicted octanol–water partition coefficient (Wildman–Crippen LogP) is 0.193. The number of ether oxygens (including phenoxy) is 2. The van der Waals surface area contributed by atoms with Gasteiger partial charge in [0.1, 0.15) is 0 Å². The van der Waals surface area contributed by atoms with Crippen LogP contribution in [-0.2, 0) is 9.47 Å². The normalized spacial score (nSPS) is 19.1. The minimum atomic E-state index is -0.204. The van der Waals surface area contributed by atoms with Crippen molar-refractivity contribution in [3.05, 3.63) is 6.92 Å². The summed E-state index contributed by atoms with van der Waals surface area (Å²) in [6.07, 6.45) is -0.204. The fraction of sp³-hybridized carbons (Fsp3) is 0.750. The van der Waals surface area contributed by atoms with Gasteiger partial charge in [0.2, 0.25) is 0 Å². The molecule has 1 heterocycles. The zero-order chi connectivity index (χ0) is 4.41. The van der Waals surface area contributed by atoms with E-state index in [2.05, 4.69) is 6.92 Å². The summed E-state index contributed by atoms with van der Waals surface area (Å²) in [5.74, 6) is 0. The zero-order valence-electron chi connectivity index (χ0n) is 4.93. The Morgan fingerprint density at radius 2 is 1.50 bits per heavy atom. The van der Waals surface area contributed by atoms with Gasteiger partial charge in [0, 0.05) is 6.29 Å². The van der Waals surface area contributed by atoms with Crippen LogP contribution in [0.1, 0.15) is 0 Å². The third-order valence-corrected chi connectivity index (χ3v) is 0.691. The van der Waals surface area contributed by atoms with Crippen molar-refractivity contribution in [3.8, 4) is 0 Å². The van der Waals surface area contributed by atoms with Gasteiger partial charge in [-0.05, 0) is 0 Å². The maximum absolute atomic E-state index is 4.82. The average molecular weight is 621 g/mol. The largest absolute Gasteiger partial charge is 0.381 e. The van der Waals surface area contributed by atoms with Gasteiger partial charge in [-0.25, -0.2) is 0 Å². The Morgan fingerprint density at radius 3 is 1.62 bits per heavy atom. The first-order valence-electron chi connectivity index (χ1n) is 1.96. The maximum atomic E-state index is 4.82. The van der Waals surface area contributed by atoms with Gasteiger partial charge in [-0.1, -0.05) is 0 Å². The van der Waals surface area contributed by atoms with Crippen molar-refractivity contribution in [2.45, 2.75) is 6.29 Å². The molecule has 0 aromatic rings. The van der Waals surface area contributed by atoms with Gasteiger partial charge >= 0.3 is 0 Å². The van der Waals surface area contributed by atoms with Gasteiger partial charge in [-0.15, -0.1) is 0 Å². The summed E-state index contributed by atoms with van der Waals surface area (Å²) in [7, 11) is 0. The van der Waals surface area contributed by atoms with E-state index in [0.717, 1.165) is 0 Å². The second kappa shape index (κ2) is 3.12. The fourth-order valence-corrected chi connectivity index (χ4v) is 0.407. The Bertz CT molecular complexity index is 45.3. The van der Waals surface area contributed by atoms with Crippen molar-refractivity contribution in [3.63, 3.8) is 0 Å². The molecule has 0 N–H and O–H groups in total. The zero-order valence-corrected chi connectivity index (χ0v) is 17.7. The van der Waals surface area contributed by atoms with Gasteiger partial charge in [-0.2, -0.15) is 0 Å². The predicted molar refractivity (Wildman–Crippen MR) is 21.0 cm³/mol. The summed E-state index contributed by atoms with van der Waals surface area (Å²) in [6.45, 7) is 4.90. The molecule has 4 heteroatoms. The summed E-state index contributed by atoms with van der Waals surface area (Å²) >= 11 is 0. The standard InChI is InChI=1S/C4H7O2.2Rf/c1-4-5-2-3-6-4;;/h4H,1-3H2;;/q-1;;. The van der Waals surface area contributed by atoms with E-state index in [1.807, 2.05) is 0 Å². The molecule has 0 atom stereocenters. The molecule has 0 radical (unpaired) electrons. The Kier molecular flexibility index (Phi) is 3.64. The molecular weight excluding hydrogens is 614 g/mol. The van der Waals surface area contributed by atoms with Crippen LogP contribution in [0.5, 0.6) is 0 Å². The van der Waals surface area contributed by atoms with Crippen LogP contribution >= 0.6 is 0 Å². The summed E-state index contributed by atoms with van der Waals surface area (Å²) in [5, 5.41) is 0. The van der Waals surface area contributed by atoms with E-state index in [9.17, 15) is 0 Å². The van der Waals surface area contributed by atoms with Crippen LogP contribution in [0.2, 0.25) is 0 Å². The summed E-state index contributed by atoms with van der Waals surface area (Å²) in [6, 6.07) is 0. The minimum Gasteiger partial charge on any atom is -0.381 e. The van der Waals surface area contributed by atoms with Crippen molar-refractivity contribution >= 4 is 0 Å². The molecule has 1 fully saturated rings. The van der Waals surface area contributed by atoms with E-state index >= 15 is 0 Å². The van der Waals surface area contributed by atoms with Crippen molar-refractivity contribution in [2.75, 3.05) is 13.2 Å². The molecule has 0 amide bonds. The van der Waals surface area contributed by atoms with Crippen molar-refractivity contribution in [1.29, 1.82) is 0 Å². The maximum Gasteiger partial charge on any atom is 0.0698 e. The van der Waals surface area contributed by atoms with E-state index in [4.69, 9.17) is 9.47 Å². The SMILES string of the molecule is [CH2-]C1OCCO1.[Rf].[Rf]. The molecule has 1 aliphatic rings. The van der Waals surface area contributed by atoms with Crippen molar-refractivity contribution in [1.82, 2.24) is 0 Å². The third kappa shape index (κ3) is 1.38. The third-order valence-electron chi connectivity index (χ3n) is 0.691.